The van der Waals surface area contributed by atoms with E-state index in [1.54, 1.807) is 12.1 Å². The van der Waals surface area contributed by atoms with Crippen molar-refractivity contribution in [2.75, 3.05) is 0 Å². The van der Waals surface area contributed by atoms with Crippen molar-refractivity contribution in [2.24, 2.45) is 0 Å². The maximum atomic E-state index is 12.6. The third-order valence-corrected chi connectivity index (χ3v) is 2.62. The topological polar surface area (TPSA) is 17.1 Å². The summed E-state index contributed by atoms with van der Waals surface area (Å²) in [4.78, 5) is 11.6. The normalized spacial score (nSPS) is 10.4. The number of rotatable bonds is 7. The fourth-order valence-electron chi connectivity index (χ4n) is 1.67. The van der Waals surface area contributed by atoms with Crippen LogP contribution in [0.1, 0.15) is 44.6 Å². The predicted molar refractivity (Wildman–Crippen MR) is 63.9 cm³/mol. The van der Waals surface area contributed by atoms with Gasteiger partial charge in [-0.3, -0.25) is 4.79 Å². The molecule has 0 N–H and O–H groups in total. The van der Waals surface area contributed by atoms with Crippen molar-refractivity contribution >= 4 is 5.78 Å². The minimum absolute atomic E-state index is 0.251. The third-order valence-electron chi connectivity index (χ3n) is 2.62. The molecule has 1 aromatic carbocycles. The van der Waals surface area contributed by atoms with Gasteiger partial charge in [-0.15, -0.1) is 0 Å². The van der Waals surface area contributed by atoms with Gasteiger partial charge in [0.25, 0.3) is 0 Å². The highest BCUT2D eigenvalue weighted by molar-refractivity contribution is 5.80. The first-order valence-electron chi connectivity index (χ1n) is 5.98. The maximum absolute atomic E-state index is 12.6. The first-order chi connectivity index (χ1) is 7.72. The van der Waals surface area contributed by atoms with E-state index in [2.05, 4.69) is 6.92 Å². The fourth-order valence-corrected chi connectivity index (χ4v) is 1.67. The van der Waals surface area contributed by atoms with Gasteiger partial charge in [-0.2, -0.15) is 0 Å². The third kappa shape index (κ3) is 5.06. The first-order valence-corrected chi connectivity index (χ1v) is 5.98. The van der Waals surface area contributed by atoms with Crippen LogP contribution in [0, 0.1) is 5.82 Å². The van der Waals surface area contributed by atoms with Gasteiger partial charge in [0.15, 0.2) is 0 Å². The lowest BCUT2D eigenvalue weighted by molar-refractivity contribution is -0.118. The number of halogens is 1. The average molecular weight is 222 g/mol. The summed E-state index contributed by atoms with van der Waals surface area (Å²) in [5, 5.41) is 0. The molecule has 0 spiro atoms. The van der Waals surface area contributed by atoms with Gasteiger partial charge in [-0.05, 0) is 24.1 Å². The monoisotopic (exact) mass is 222 g/mol. The smallest absolute Gasteiger partial charge is 0.137 e. The molecule has 0 bridgehead atoms. The Morgan fingerprint density at radius 3 is 2.44 bits per heavy atom. The van der Waals surface area contributed by atoms with Crippen molar-refractivity contribution in [2.45, 2.75) is 45.4 Å². The van der Waals surface area contributed by atoms with Gasteiger partial charge in [0.1, 0.15) is 11.6 Å². The molecule has 1 aromatic rings. The van der Waals surface area contributed by atoms with Gasteiger partial charge in [0.2, 0.25) is 0 Å². The van der Waals surface area contributed by atoms with E-state index < -0.39 is 0 Å². The zero-order chi connectivity index (χ0) is 11.8. The number of unbranched alkanes of at least 4 members (excludes halogenated alkanes) is 3. The van der Waals surface area contributed by atoms with E-state index in [0.717, 1.165) is 18.4 Å². The summed E-state index contributed by atoms with van der Waals surface area (Å²) in [5.74, 6) is 0.00172. The molecule has 0 saturated carbocycles. The fraction of sp³-hybridized carbons (Fsp3) is 0.500. The Hall–Kier alpha value is -1.18. The second-order valence-electron chi connectivity index (χ2n) is 4.15. The highest BCUT2D eigenvalue weighted by atomic mass is 19.1. The zero-order valence-corrected chi connectivity index (χ0v) is 9.84. The van der Waals surface area contributed by atoms with E-state index in [4.69, 9.17) is 0 Å². The number of benzene rings is 1. The predicted octanol–water partition coefficient (Wildman–Crippen LogP) is 3.91. The standard InChI is InChI=1S/C14H19FO/c1-2-3-4-5-6-14(16)11-12-7-9-13(15)10-8-12/h7-10H,2-6,11H2,1H3. The Bertz CT molecular complexity index is 316. The van der Waals surface area contributed by atoms with E-state index in [1.165, 1.54) is 25.0 Å². The quantitative estimate of drug-likeness (QED) is 0.639. The number of carbonyl (C=O) groups is 1. The molecule has 88 valence electrons. The Morgan fingerprint density at radius 2 is 1.81 bits per heavy atom. The molecule has 0 radical (unpaired) electrons. The summed E-state index contributed by atoms with van der Waals surface area (Å²) < 4.78 is 12.6. The van der Waals surface area contributed by atoms with Crippen molar-refractivity contribution in [1.82, 2.24) is 0 Å². The first kappa shape index (κ1) is 12.9. The van der Waals surface area contributed by atoms with Crippen LogP contribution < -0.4 is 0 Å². The SMILES string of the molecule is CCCCCCC(=O)Cc1ccc(F)cc1. The molecule has 0 aliphatic carbocycles. The van der Waals surface area contributed by atoms with Crippen molar-refractivity contribution in [3.8, 4) is 0 Å². The van der Waals surface area contributed by atoms with E-state index in [9.17, 15) is 9.18 Å². The van der Waals surface area contributed by atoms with E-state index in [-0.39, 0.29) is 11.6 Å². The van der Waals surface area contributed by atoms with Gasteiger partial charge in [-0.25, -0.2) is 4.39 Å². The van der Waals surface area contributed by atoms with Crippen molar-refractivity contribution in [1.29, 1.82) is 0 Å². The van der Waals surface area contributed by atoms with Gasteiger partial charge in [0.05, 0.1) is 0 Å². The molecule has 0 saturated heterocycles. The van der Waals surface area contributed by atoms with Crippen LogP contribution in [0.3, 0.4) is 0 Å². The van der Waals surface area contributed by atoms with Crippen LogP contribution >= 0.6 is 0 Å². The lowest BCUT2D eigenvalue weighted by Gasteiger charge is -2.01. The molecule has 0 aliphatic rings. The van der Waals surface area contributed by atoms with E-state index in [0.29, 0.717) is 12.8 Å². The average Bonchev–Trinajstić information content (AvgIpc) is 2.28. The second-order valence-corrected chi connectivity index (χ2v) is 4.15. The van der Waals surface area contributed by atoms with Crippen LogP contribution in [0.2, 0.25) is 0 Å². The molecule has 16 heavy (non-hydrogen) atoms. The minimum atomic E-state index is -0.251. The zero-order valence-electron chi connectivity index (χ0n) is 9.84. The number of hydrogen-bond acceptors (Lipinski definition) is 1. The van der Waals surface area contributed by atoms with E-state index >= 15 is 0 Å². The number of hydrogen-bond donors (Lipinski definition) is 0. The van der Waals surface area contributed by atoms with Gasteiger partial charge in [-0.1, -0.05) is 38.3 Å². The molecular formula is C14H19FO. The van der Waals surface area contributed by atoms with Gasteiger partial charge >= 0.3 is 0 Å². The highest BCUT2D eigenvalue weighted by Crippen LogP contribution is 2.08. The molecule has 0 atom stereocenters. The van der Waals surface area contributed by atoms with Crippen LogP contribution in [0.15, 0.2) is 24.3 Å². The molecule has 0 aromatic heterocycles. The maximum Gasteiger partial charge on any atom is 0.137 e. The van der Waals surface area contributed by atoms with Gasteiger partial charge < -0.3 is 0 Å². The summed E-state index contributed by atoms with van der Waals surface area (Å²) in [6.45, 7) is 2.15. The molecule has 0 unspecified atom stereocenters. The highest BCUT2D eigenvalue weighted by Gasteiger charge is 2.03. The molecule has 1 rings (SSSR count). The molecule has 2 heteroatoms. The summed E-state index contributed by atoms with van der Waals surface area (Å²) in [6, 6.07) is 6.16. The molecule has 0 amide bonds. The van der Waals surface area contributed by atoms with Crippen LogP contribution in [0.25, 0.3) is 0 Å². The summed E-state index contributed by atoms with van der Waals surface area (Å²) in [5.41, 5.74) is 0.905. The van der Waals surface area contributed by atoms with Crippen LogP contribution in [0.5, 0.6) is 0 Å². The van der Waals surface area contributed by atoms with Gasteiger partial charge in [0, 0.05) is 12.8 Å². The van der Waals surface area contributed by atoms with Crippen molar-refractivity contribution in [3.05, 3.63) is 35.6 Å². The minimum Gasteiger partial charge on any atom is -0.299 e. The summed E-state index contributed by atoms with van der Waals surface area (Å²) in [6.07, 6.45) is 5.58. The Labute approximate surface area is 96.7 Å². The van der Waals surface area contributed by atoms with Crippen LogP contribution in [-0.4, -0.2) is 5.78 Å². The van der Waals surface area contributed by atoms with Crippen molar-refractivity contribution < 1.29 is 9.18 Å². The molecule has 0 fully saturated rings. The Balaban J connectivity index is 2.26. The van der Waals surface area contributed by atoms with Crippen LogP contribution in [0.4, 0.5) is 4.39 Å². The summed E-state index contributed by atoms with van der Waals surface area (Å²) >= 11 is 0. The molecule has 0 aliphatic heterocycles. The number of ketones is 1. The molecular weight excluding hydrogens is 203 g/mol. The summed E-state index contributed by atoms with van der Waals surface area (Å²) in [7, 11) is 0. The lowest BCUT2D eigenvalue weighted by Crippen LogP contribution is -2.02. The number of Topliss-reactive ketones (excluding diaryl/α,β-unsaturated/α-hetero) is 1. The van der Waals surface area contributed by atoms with E-state index in [1.807, 2.05) is 0 Å². The second kappa shape index (κ2) is 7.15. The number of carbonyl (C=O) groups excluding carboxylic acids is 1. The lowest BCUT2D eigenvalue weighted by atomic mass is 10.0. The molecule has 0 heterocycles. The van der Waals surface area contributed by atoms with Crippen LogP contribution in [-0.2, 0) is 11.2 Å². The largest absolute Gasteiger partial charge is 0.299 e. The Morgan fingerprint density at radius 1 is 1.12 bits per heavy atom. The molecule has 1 nitrogen and oxygen atoms in total. The van der Waals surface area contributed by atoms with Crippen molar-refractivity contribution in [3.63, 3.8) is 0 Å². The Kier molecular flexibility index (Phi) is 5.76.